The van der Waals surface area contributed by atoms with E-state index in [4.69, 9.17) is 0 Å². The zero-order valence-corrected chi connectivity index (χ0v) is 18.1. The lowest BCUT2D eigenvalue weighted by Crippen LogP contribution is -2.23. The first-order valence-corrected chi connectivity index (χ1v) is 10.8. The van der Waals surface area contributed by atoms with Crippen LogP contribution < -0.4 is 10.6 Å². The molecule has 0 saturated carbocycles. The predicted octanol–water partition coefficient (Wildman–Crippen LogP) is 5.44. The van der Waals surface area contributed by atoms with Gasteiger partial charge in [0.25, 0.3) is 11.8 Å². The van der Waals surface area contributed by atoms with Crippen LogP contribution in [-0.2, 0) is 6.54 Å². The van der Waals surface area contributed by atoms with Gasteiger partial charge in [0.15, 0.2) is 0 Å². The molecule has 1 aromatic heterocycles. The van der Waals surface area contributed by atoms with Crippen molar-refractivity contribution in [3.05, 3.63) is 106 Å². The lowest BCUT2D eigenvalue weighted by atomic mass is 10.1. The third-order valence-electron chi connectivity index (χ3n) is 4.87. The highest BCUT2D eigenvalue weighted by Crippen LogP contribution is 2.23. The number of nitrogens with one attached hydrogen (secondary N) is 2. The summed E-state index contributed by atoms with van der Waals surface area (Å²) >= 11 is 1.52. The summed E-state index contributed by atoms with van der Waals surface area (Å²) in [5.74, 6) is -1.46. The molecule has 2 amide bonds. The van der Waals surface area contributed by atoms with Crippen LogP contribution in [0.1, 0.15) is 32.0 Å². The lowest BCUT2D eigenvalue weighted by molar-refractivity contribution is 0.0949. The van der Waals surface area contributed by atoms with Crippen molar-refractivity contribution in [2.24, 2.45) is 0 Å². The van der Waals surface area contributed by atoms with Gasteiger partial charge >= 0.3 is 0 Å². The molecule has 4 rings (SSSR count). The quantitative estimate of drug-likeness (QED) is 0.415. The van der Waals surface area contributed by atoms with Gasteiger partial charge in [0.1, 0.15) is 10.8 Å². The number of rotatable bonds is 6. The van der Waals surface area contributed by atoms with Crippen molar-refractivity contribution >= 4 is 28.8 Å². The van der Waals surface area contributed by atoms with Gasteiger partial charge < -0.3 is 10.6 Å². The van der Waals surface area contributed by atoms with Crippen LogP contribution in [0.3, 0.4) is 0 Å². The molecule has 0 aliphatic carbocycles. The third-order valence-corrected chi connectivity index (χ3v) is 5.81. The average Bonchev–Trinajstić information content (AvgIpc) is 3.29. The monoisotopic (exact) mass is 445 g/mol. The van der Waals surface area contributed by atoms with E-state index in [1.807, 2.05) is 35.7 Å². The van der Waals surface area contributed by atoms with E-state index in [2.05, 4.69) is 15.6 Å². The standard InChI is InChI=1S/C25H20FN3O2S/c1-16-11-12-18(13-22(16)29-24(31)20-9-5-6-10-21(20)26)23(30)27-14-19-15-32-25(28-19)17-7-3-2-4-8-17/h2-13,15H,14H2,1H3,(H,27,30)(H,29,31). The van der Waals surface area contributed by atoms with Crippen molar-refractivity contribution in [3.63, 3.8) is 0 Å². The largest absolute Gasteiger partial charge is 0.346 e. The second-order valence-corrected chi connectivity index (χ2v) is 8.01. The maximum absolute atomic E-state index is 13.9. The fourth-order valence-corrected chi connectivity index (χ4v) is 3.93. The SMILES string of the molecule is Cc1ccc(C(=O)NCc2csc(-c3ccccc3)n2)cc1NC(=O)c1ccccc1F. The molecule has 7 heteroatoms. The Kier molecular flexibility index (Phi) is 6.37. The van der Waals surface area contributed by atoms with Gasteiger partial charge in [-0.3, -0.25) is 9.59 Å². The Morgan fingerprint density at radius 2 is 1.72 bits per heavy atom. The Balaban J connectivity index is 1.43. The zero-order valence-electron chi connectivity index (χ0n) is 17.3. The fourth-order valence-electron chi connectivity index (χ4n) is 3.11. The molecule has 0 saturated heterocycles. The van der Waals surface area contributed by atoms with Crippen molar-refractivity contribution < 1.29 is 14.0 Å². The third kappa shape index (κ3) is 4.90. The lowest BCUT2D eigenvalue weighted by Gasteiger charge is -2.11. The van der Waals surface area contributed by atoms with Gasteiger partial charge in [-0.15, -0.1) is 11.3 Å². The molecule has 2 N–H and O–H groups in total. The molecule has 0 unspecified atom stereocenters. The number of anilines is 1. The van der Waals surface area contributed by atoms with E-state index in [1.165, 1.54) is 29.5 Å². The highest BCUT2D eigenvalue weighted by Gasteiger charge is 2.14. The number of thiazole rings is 1. The summed E-state index contributed by atoms with van der Waals surface area (Å²) in [6.45, 7) is 2.09. The van der Waals surface area contributed by atoms with Crippen LogP contribution in [0, 0.1) is 12.7 Å². The number of hydrogen-bond donors (Lipinski definition) is 2. The van der Waals surface area contributed by atoms with Gasteiger partial charge in [-0.2, -0.15) is 0 Å². The van der Waals surface area contributed by atoms with Gasteiger partial charge in [0.05, 0.1) is 17.8 Å². The molecule has 0 radical (unpaired) electrons. The first kappa shape index (κ1) is 21.4. The fraction of sp³-hybridized carbons (Fsp3) is 0.0800. The van der Waals surface area contributed by atoms with Crippen LogP contribution in [0.4, 0.5) is 10.1 Å². The minimum atomic E-state index is -0.602. The average molecular weight is 446 g/mol. The van der Waals surface area contributed by atoms with Gasteiger partial charge in [0.2, 0.25) is 0 Å². The number of aromatic nitrogens is 1. The molecular formula is C25H20FN3O2S. The topological polar surface area (TPSA) is 71.1 Å². The van der Waals surface area contributed by atoms with E-state index in [9.17, 15) is 14.0 Å². The van der Waals surface area contributed by atoms with Crippen molar-refractivity contribution in [2.45, 2.75) is 13.5 Å². The summed E-state index contributed by atoms with van der Waals surface area (Å²) in [6, 6.07) is 20.6. The molecule has 0 atom stereocenters. The molecule has 0 aliphatic rings. The van der Waals surface area contributed by atoms with Crippen molar-refractivity contribution in [1.82, 2.24) is 10.3 Å². The normalized spacial score (nSPS) is 10.6. The number of carbonyl (C=O) groups is 2. The van der Waals surface area contributed by atoms with E-state index < -0.39 is 11.7 Å². The molecule has 0 bridgehead atoms. The Morgan fingerprint density at radius 1 is 0.969 bits per heavy atom. The van der Waals surface area contributed by atoms with Gasteiger partial charge in [-0.05, 0) is 36.8 Å². The summed E-state index contributed by atoms with van der Waals surface area (Å²) in [4.78, 5) is 29.7. The van der Waals surface area contributed by atoms with Crippen molar-refractivity contribution in [3.8, 4) is 10.6 Å². The highest BCUT2D eigenvalue weighted by molar-refractivity contribution is 7.13. The van der Waals surface area contributed by atoms with Crippen LogP contribution in [0.5, 0.6) is 0 Å². The van der Waals surface area contributed by atoms with E-state index in [0.717, 1.165) is 21.8 Å². The van der Waals surface area contributed by atoms with Crippen LogP contribution >= 0.6 is 11.3 Å². The summed E-state index contributed by atoms with van der Waals surface area (Å²) in [5.41, 5.74) is 3.34. The highest BCUT2D eigenvalue weighted by atomic mass is 32.1. The first-order chi connectivity index (χ1) is 15.5. The Bertz CT molecular complexity index is 1270. The van der Waals surface area contributed by atoms with E-state index >= 15 is 0 Å². The molecule has 5 nitrogen and oxygen atoms in total. The number of carbonyl (C=O) groups excluding carboxylic acids is 2. The molecular weight excluding hydrogens is 425 g/mol. The van der Waals surface area contributed by atoms with E-state index in [-0.39, 0.29) is 18.0 Å². The molecule has 160 valence electrons. The van der Waals surface area contributed by atoms with Gasteiger partial charge in [-0.25, -0.2) is 9.37 Å². The van der Waals surface area contributed by atoms with Crippen LogP contribution in [0.25, 0.3) is 10.6 Å². The smallest absolute Gasteiger partial charge is 0.258 e. The van der Waals surface area contributed by atoms with Gasteiger partial charge in [-0.1, -0.05) is 48.5 Å². The maximum Gasteiger partial charge on any atom is 0.258 e. The Hall–Kier alpha value is -3.84. The summed E-state index contributed by atoms with van der Waals surface area (Å²) in [6.07, 6.45) is 0. The summed E-state index contributed by atoms with van der Waals surface area (Å²) < 4.78 is 13.9. The minimum Gasteiger partial charge on any atom is -0.346 e. The molecule has 0 spiro atoms. The first-order valence-electron chi connectivity index (χ1n) is 9.96. The number of hydrogen-bond acceptors (Lipinski definition) is 4. The minimum absolute atomic E-state index is 0.0560. The van der Waals surface area contributed by atoms with Crippen molar-refractivity contribution in [1.29, 1.82) is 0 Å². The molecule has 0 fully saturated rings. The summed E-state index contributed by atoms with van der Waals surface area (Å²) in [7, 11) is 0. The second kappa shape index (κ2) is 9.53. The molecule has 32 heavy (non-hydrogen) atoms. The number of amides is 2. The Morgan fingerprint density at radius 3 is 2.50 bits per heavy atom. The number of aryl methyl sites for hydroxylation is 1. The van der Waals surface area contributed by atoms with Crippen molar-refractivity contribution in [2.75, 3.05) is 5.32 Å². The van der Waals surface area contributed by atoms with Crippen LogP contribution in [-0.4, -0.2) is 16.8 Å². The Labute approximate surface area is 189 Å². The molecule has 4 aromatic rings. The summed E-state index contributed by atoms with van der Waals surface area (Å²) in [5, 5.41) is 8.35. The van der Waals surface area contributed by atoms with E-state index in [0.29, 0.717) is 11.3 Å². The maximum atomic E-state index is 13.9. The molecule has 1 heterocycles. The van der Waals surface area contributed by atoms with E-state index in [1.54, 1.807) is 31.2 Å². The number of halogens is 1. The second-order valence-electron chi connectivity index (χ2n) is 7.16. The van der Waals surface area contributed by atoms with Crippen LogP contribution in [0.2, 0.25) is 0 Å². The molecule has 0 aliphatic heterocycles. The number of benzene rings is 3. The number of nitrogens with zero attached hydrogens (tertiary/aromatic N) is 1. The van der Waals surface area contributed by atoms with Gasteiger partial charge in [0, 0.05) is 22.2 Å². The molecule has 3 aromatic carbocycles. The van der Waals surface area contributed by atoms with Crippen LogP contribution in [0.15, 0.2) is 78.2 Å². The zero-order chi connectivity index (χ0) is 22.5. The predicted molar refractivity (Wildman–Crippen MR) is 124 cm³/mol.